The molecule has 2 aromatic rings. The minimum atomic E-state index is -4.04. The van der Waals surface area contributed by atoms with Crippen molar-refractivity contribution in [2.75, 3.05) is 13.6 Å². The van der Waals surface area contributed by atoms with Gasteiger partial charge in [0.15, 0.2) is 0 Å². The van der Waals surface area contributed by atoms with Crippen LogP contribution >= 0.6 is 11.6 Å². The first-order chi connectivity index (χ1) is 16.4. The minimum absolute atomic E-state index is 0.110. The Hall–Kier alpha value is -2.03. The molecule has 2 aromatic carbocycles. The zero-order valence-corrected chi connectivity index (χ0v) is 21.8. The van der Waals surface area contributed by atoms with Crippen molar-refractivity contribution in [1.82, 2.24) is 9.21 Å². The molecule has 1 aliphatic carbocycles. The minimum Gasteiger partial charge on any atom is -0.341 e. The van der Waals surface area contributed by atoms with Gasteiger partial charge in [-0.3, -0.25) is 4.79 Å². The van der Waals surface area contributed by atoms with E-state index in [2.05, 4.69) is 0 Å². The maximum absolute atomic E-state index is 14.0. The van der Waals surface area contributed by atoms with Crippen molar-refractivity contribution in [2.45, 2.75) is 75.3 Å². The fraction of sp³-hybridized carbons (Fsp3) is 0.500. The van der Waals surface area contributed by atoms with Gasteiger partial charge in [-0.05, 0) is 57.2 Å². The first kappa shape index (κ1) is 26.0. The summed E-state index contributed by atoms with van der Waals surface area (Å²) in [4.78, 5) is 15.0. The molecule has 0 radical (unpaired) electrons. The Morgan fingerprint density at radius 3 is 2.46 bits per heavy atom. The second kappa shape index (κ2) is 9.79. The maximum atomic E-state index is 14.0. The lowest BCUT2D eigenvalue weighted by atomic mass is 9.91. The highest BCUT2D eigenvalue weighted by Crippen LogP contribution is 2.39. The fourth-order valence-electron chi connectivity index (χ4n) is 5.27. The summed E-state index contributed by atoms with van der Waals surface area (Å²) in [6.07, 6.45) is 0.860. The van der Waals surface area contributed by atoms with Gasteiger partial charge in [0.05, 0.1) is 4.90 Å². The Balaban J connectivity index is 1.67. The normalized spacial score (nSPS) is 21.3. The van der Waals surface area contributed by atoms with Gasteiger partial charge in [-0.25, -0.2) is 17.2 Å². The molecule has 0 aromatic heterocycles. The van der Waals surface area contributed by atoms with Gasteiger partial charge >= 0.3 is 0 Å². The summed E-state index contributed by atoms with van der Waals surface area (Å²) in [5.74, 6) is -3.02. The summed E-state index contributed by atoms with van der Waals surface area (Å²) in [5, 5.41) is 0.454. The molecular weight excluding hydrogens is 494 g/mol. The van der Waals surface area contributed by atoms with E-state index in [0.29, 0.717) is 29.0 Å². The number of likely N-dealkylation sites (N-methyl/N-ethyl adjacent to an activating group) is 1. The van der Waals surface area contributed by atoms with E-state index in [1.54, 1.807) is 25.2 Å². The van der Waals surface area contributed by atoms with Gasteiger partial charge in [-0.15, -0.1) is 0 Å². The van der Waals surface area contributed by atoms with Crippen LogP contribution in [0.2, 0.25) is 5.02 Å². The number of halogens is 3. The summed E-state index contributed by atoms with van der Waals surface area (Å²) in [6.45, 7) is 3.99. The third-order valence-corrected chi connectivity index (χ3v) is 9.57. The number of hydrogen-bond donors (Lipinski definition) is 0. The number of rotatable bonds is 5. The Bertz CT molecular complexity index is 1200. The summed E-state index contributed by atoms with van der Waals surface area (Å²) in [6, 6.07) is 9.39. The average Bonchev–Trinajstić information content (AvgIpc) is 3.29. The Kier molecular flexibility index (Phi) is 7.28. The molecule has 0 bridgehead atoms. The topological polar surface area (TPSA) is 57.7 Å². The fourth-order valence-corrected chi connectivity index (χ4v) is 7.42. The molecule has 35 heavy (non-hydrogen) atoms. The molecule has 1 amide bonds. The van der Waals surface area contributed by atoms with E-state index in [1.807, 2.05) is 32.0 Å². The molecule has 0 N–H and O–H groups in total. The molecule has 1 saturated heterocycles. The molecule has 0 unspecified atom stereocenters. The molecule has 1 aliphatic heterocycles. The van der Waals surface area contributed by atoms with Crippen LogP contribution in [0, 0.1) is 13.8 Å². The Morgan fingerprint density at radius 2 is 1.80 bits per heavy atom. The molecule has 1 atom stereocenters. The molecule has 4 rings (SSSR count). The summed E-state index contributed by atoms with van der Waals surface area (Å²) in [5.41, 5.74) is 2.90. The van der Waals surface area contributed by atoms with E-state index in [1.165, 1.54) is 9.21 Å². The highest BCUT2D eigenvalue weighted by molar-refractivity contribution is 7.89. The molecule has 5 nitrogen and oxygen atoms in total. The summed E-state index contributed by atoms with van der Waals surface area (Å²) in [7, 11) is -2.44. The predicted octanol–water partition coefficient (Wildman–Crippen LogP) is 5.81. The van der Waals surface area contributed by atoms with E-state index >= 15 is 0 Å². The van der Waals surface area contributed by atoms with E-state index in [9.17, 15) is 22.0 Å². The third-order valence-electron chi connectivity index (χ3n) is 7.28. The SMILES string of the molecule is Cc1ccc(S(=O)(=O)N2CCC[C@H]2C(=O)N(C)C2CCC(F)(F)CC2)c(-c2c(C)cccc2Cl)c1. The van der Waals surface area contributed by atoms with E-state index in [4.69, 9.17) is 11.6 Å². The first-order valence-corrected chi connectivity index (χ1v) is 13.8. The van der Waals surface area contributed by atoms with Crippen molar-refractivity contribution < 1.29 is 22.0 Å². The standard InChI is InChI=1S/C26H31ClF2N2O3S/c1-17-9-10-23(20(16-17)24-18(2)6-4-7-21(24)27)35(33,34)31-15-5-8-22(31)25(32)30(3)19-11-13-26(28,29)14-12-19/h4,6-7,9-10,16,19,22H,5,8,11-15H2,1-3H3/t22-/m0/s1. The second-order valence-electron chi connectivity index (χ2n) is 9.74. The van der Waals surface area contributed by atoms with Gasteiger partial charge in [-0.2, -0.15) is 4.31 Å². The van der Waals surface area contributed by atoms with Crippen molar-refractivity contribution in [1.29, 1.82) is 0 Å². The Morgan fingerprint density at radius 1 is 1.11 bits per heavy atom. The van der Waals surface area contributed by atoms with Gasteiger partial charge in [0.25, 0.3) is 0 Å². The van der Waals surface area contributed by atoms with Crippen molar-refractivity contribution in [3.63, 3.8) is 0 Å². The molecule has 1 saturated carbocycles. The van der Waals surface area contributed by atoms with Crippen LogP contribution < -0.4 is 0 Å². The van der Waals surface area contributed by atoms with Crippen LogP contribution in [0.25, 0.3) is 11.1 Å². The van der Waals surface area contributed by atoms with Gasteiger partial charge < -0.3 is 4.90 Å². The molecule has 1 heterocycles. The monoisotopic (exact) mass is 524 g/mol. The quantitative estimate of drug-likeness (QED) is 0.495. The van der Waals surface area contributed by atoms with Crippen LogP contribution in [0.4, 0.5) is 8.78 Å². The lowest BCUT2D eigenvalue weighted by Crippen LogP contribution is -2.50. The van der Waals surface area contributed by atoms with Crippen LogP contribution in [-0.4, -0.2) is 55.1 Å². The highest BCUT2D eigenvalue weighted by atomic mass is 35.5. The first-order valence-electron chi connectivity index (χ1n) is 11.9. The second-order valence-corrected chi connectivity index (χ2v) is 12.0. The Labute approximate surface area is 211 Å². The molecule has 190 valence electrons. The number of carbonyl (C=O) groups is 1. The van der Waals surface area contributed by atoms with Gasteiger partial charge in [0.1, 0.15) is 6.04 Å². The third kappa shape index (κ3) is 5.11. The largest absolute Gasteiger partial charge is 0.341 e. The van der Waals surface area contributed by atoms with E-state index < -0.39 is 22.0 Å². The predicted molar refractivity (Wildman–Crippen MR) is 133 cm³/mol. The van der Waals surface area contributed by atoms with E-state index in [-0.39, 0.29) is 49.1 Å². The number of sulfonamides is 1. The number of aryl methyl sites for hydroxylation is 2. The van der Waals surface area contributed by atoms with Crippen molar-refractivity contribution in [3.8, 4) is 11.1 Å². The zero-order valence-electron chi connectivity index (χ0n) is 20.2. The van der Waals surface area contributed by atoms with Gasteiger partial charge in [0.2, 0.25) is 21.9 Å². The van der Waals surface area contributed by atoms with Crippen molar-refractivity contribution >= 4 is 27.5 Å². The smallest absolute Gasteiger partial charge is 0.248 e. The highest BCUT2D eigenvalue weighted by Gasteiger charge is 2.44. The van der Waals surface area contributed by atoms with Gasteiger partial charge in [-0.1, -0.05) is 41.4 Å². The van der Waals surface area contributed by atoms with Crippen LogP contribution in [0.15, 0.2) is 41.3 Å². The van der Waals surface area contributed by atoms with Crippen LogP contribution in [0.3, 0.4) is 0 Å². The molecule has 2 aliphatic rings. The van der Waals surface area contributed by atoms with E-state index in [0.717, 1.165) is 11.1 Å². The zero-order chi connectivity index (χ0) is 25.5. The summed E-state index contributed by atoms with van der Waals surface area (Å²) >= 11 is 6.50. The maximum Gasteiger partial charge on any atom is 0.248 e. The number of amides is 1. The summed E-state index contributed by atoms with van der Waals surface area (Å²) < 4.78 is 56.5. The number of alkyl halides is 2. The lowest BCUT2D eigenvalue weighted by molar-refractivity contribution is -0.138. The number of nitrogens with zero attached hydrogens (tertiary/aromatic N) is 2. The average molecular weight is 525 g/mol. The molecular formula is C26H31ClF2N2O3S. The van der Waals surface area contributed by atoms with Crippen LogP contribution in [0.1, 0.15) is 49.7 Å². The van der Waals surface area contributed by atoms with Crippen LogP contribution in [0.5, 0.6) is 0 Å². The number of benzene rings is 2. The van der Waals surface area contributed by atoms with Crippen molar-refractivity contribution in [2.24, 2.45) is 0 Å². The van der Waals surface area contributed by atoms with Crippen LogP contribution in [-0.2, 0) is 14.8 Å². The van der Waals surface area contributed by atoms with Crippen molar-refractivity contribution in [3.05, 3.63) is 52.5 Å². The van der Waals surface area contributed by atoms with Gasteiger partial charge in [0, 0.05) is 48.6 Å². The lowest BCUT2D eigenvalue weighted by Gasteiger charge is -2.37. The molecule has 9 heteroatoms. The number of carbonyl (C=O) groups excluding carboxylic acids is 1. The molecule has 0 spiro atoms. The number of hydrogen-bond acceptors (Lipinski definition) is 3. The molecule has 2 fully saturated rings.